The van der Waals surface area contributed by atoms with E-state index in [1.807, 2.05) is 44.2 Å². The highest BCUT2D eigenvalue weighted by Crippen LogP contribution is 2.28. The molecule has 0 saturated heterocycles. The lowest BCUT2D eigenvalue weighted by Crippen LogP contribution is -2.20. The van der Waals surface area contributed by atoms with Crippen LogP contribution < -0.4 is 10.4 Å². The van der Waals surface area contributed by atoms with Gasteiger partial charge in [0.25, 0.3) is 0 Å². The summed E-state index contributed by atoms with van der Waals surface area (Å²) >= 11 is 1.47. The number of thioether (sulfide) groups is 1. The number of aromatic nitrogens is 1. The van der Waals surface area contributed by atoms with Gasteiger partial charge in [-0.15, -0.1) is 0 Å². The molecule has 7 heteroatoms. The Morgan fingerprint density at radius 3 is 2.54 bits per heavy atom. The van der Waals surface area contributed by atoms with Crippen LogP contribution in [-0.4, -0.2) is 22.5 Å². The molecule has 0 aliphatic rings. The molecule has 0 spiro atoms. The maximum atomic E-state index is 12.5. The van der Waals surface area contributed by atoms with Crippen molar-refractivity contribution in [1.29, 1.82) is 5.26 Å². The fraction of sp³-hybridized carbons (Fsp3) is 0.429. The highest BCUT2D eigenvalue weighted by Gasteiger charge is 2.24. The zero-order valence-electron chi connectivity index (χ0n) is 20.6. The minimum atomic E-state index is -0.495. The molecule has 6 nitrogen and oxygen atoms in total. The topological polar surface area (TPSA) is 93.2 Å². The molecule has 0 N–H and O–H groups in total. The Balaban J connectivity index is 1.40. The number of carbonyl (C=O) groups is 1. The highest BCUT2D eigenvalue weighted by molar-refractivity contribution is 8.13. The molecule has 0 bridgehead atoms. The summed E-state index contributed by atoms with van der Waals surface area (Å²) in [6, 6.07) is 11.0. The average Bonchev–Trinajstić information content (AvgIpc) is 2.87. The fourth-order valence-corrected chi connectivity index (χ4v) is 4.55. The first-order chi connectivity index (χ1) is 16.9. The molecule has 0 unspecified atom stereocenters. The Bertz CT molecular complexity index is 1240. The van der Waals surface area contributed by atoms with Crippen LogP contribution >= 0.6 is 11.8 Å². The van der Waals surface area contributed by atoms with E-state index < -0.39 is 5.63 Å². The molecule has 0 aliphatic carbocycles. The summed E-state index contributed by atoms with van der Waals surface area (Å²) < 4.78 is 11.2. The molecule has 0 fully saturated rings. The first-order valence-electron chi connectivity index (χ1n) is 12.1. The van der Waals surface area contributed by atoms with Gasteiger partial charge in [0, 0.05) is 28.9 Å². The van der Waals surface area contributed by atoms with Crippen molar-refractivity contribution in [3.63, 3.8) is 0 Å². The molecule has 3 aromatic rings. The predicted octanol–water partition coefficient (Wildman–Crippen LogP) is 6.75. The molecule has 3 rings (SSSR count). The second-order valence-electron chi connectivity index (χ2n) is 9.18. The van der Waals surface area contributed by atoms with Gasteiger partial charge in [0.1, 0.15) is 17.4 Å². The van der Waals surface area contributed by atoms with Crippen LogP contribution in [0.5, 0.6) is 5.75 Å². The van der Waals surface area contributed by atoms with E-state index in [0.717, 1.165) is 50.0 Å². The number of ether oxygens (including phenoxy) is 1. The van der Waals surface area contributed by atoms with E-state index in [1.165, 1.54) is 18.0 Å². The zero-order valence-corrected chi connectivity index (χ0v) is 21.5. The van der Waals surface area contributed by atoms with Crippen molar-refractivity contribution < 1.29 is 13.9 Å². The summed E-state index contributed by atoms with van der Waals surface area (Å²) in [5.74, 6) is 1.65. The van der Waals surface area contributed by atoms with Crippen LogP contribution in [0.1, 0.15) is 64.9 Å². The van der Waals surface area contributed by atoms with E-state index in [2.05, 4.69) is 11.9 Å². The molecule has 0 atom stereocenters. The Kier molecular flexibility index (Phi) is 9.50. The number of hydrogen-bond acceptors (Lipinski definition) is 7. The SMILES string of the molecule is CCC(C)(C)C(=O)SCCCCCCCOc1ccc(-c2cc3cncc(C#N)c3oc2=O)cc1. The fourth-order valence-electron chi connectivity index (χ4n) is 3.48. The molecule has 184 valence electrons. The largest absolute Gasteiger partial charge is 0.494 e. The van der Waals surface area contributed by atoms with Crippen molar-refractivity contribution >= 4 is 27.8 Å². The quantitative estimate of drug-likeness (QED) is 0.258. The third kappa shape index (κ3) is 7.19. The van der Waals surface area contributed by atoms with Crippen molar-refractivity contribution in [2.75, 3.05) is 12.4 Å². The number of rotatable bonds is 12. The van der Waals surface area contributed by atoms with Gasteiger partial charge in [0.15, 0.2) is 10.7 Å². The van der Waals surface area contributed by atoms with Crippen LogP contribution in [0.2, 0.25) is 0 Å². The van der Waals surface area contributed by atoms with Crippen LogP contribution in [0.25, 0.3) is 22.1 Å². The smallest absolute Gasteiger partial charge is 0.344 e. The minimum absolute atomic E-state index is 0.220. The lowest BCUT2D eigenvalue weighted by Gasteiger charge is -2.19. The lowest BCUT2D eigenvalue weighted by atomic mass is 9.92. The van der Waals surface area contributed by atoms with Gasteiger partial charge in [-0.05, 0) is 43.0 Å². The van der Waals surface area contributed by atoms with E-state index in [4.69, 9.17) is 14.4 Å². The summed E-state index contributed by atoms with van der Waals surface area (Å²) in [5.41, 5.74) is 0.907. The first kappa shape index (κ1) is 26.5. The van der Waals surface area contributed by atoms with Crippen molar-refractivity contribution in [2.24, 2.45) is 5.41 Å². The van der Waals surface area contributed by atoms with Gasteiger partial charge in [0.05, 0.1) is 12.2 Å². The van der Waals surface area contributed by atoms with Gasteiger partial charge in [0.2, 0.25) is 0 Å². The maximum Gasteiger partial charge on any atom is 0.344 e. The second-order valence-corrected chi connectivity index (χ2v) is 10.2. The molecule has 0 amide bonds. The highest BCUT2D eigenvalue weighted by atomic mass is 32.2. The van der Waals surface area contributed by atoms with Crippen LogP contribution in [0.3, 0.4) is 0 Å². The molecular formula is C28H32N2O4S. The average molecular weight is 493 g/mol. The summed E-state index contributed by atoms with van der Waals surface area (Å²) in [6.07, 6.45) is 9.22. The zero-order chi connectivity index (χ0) is 25.3. The summed E-state index contributed by atoms with van der Waals surface area (Å²) in [5, 5.41) is 10.1. The maximum absolute atomic E-state index is 12.5. The molecule has 0 aliphatic heterocycles. The minimum Gasteiger partial charge on any atom is -0.494 e. The molecule has 1 aromatic carbocycles. The Labute approximate surface area is 210 Å². The number of unbranched alkanes of at least 4 members (excludes halogenated alkanes) is 4. The summed E-state index contributed by atoms with van der Waals surface area (Å²) in [6.45, 7) is 6.72. The van der Waals surface area contributed by atoms with Crippen LogP contribution in [0.15, 0.2) is 51.9 Å². The molecule has 35 heavy (non-hydrogen) atoms. The van der Waals surface area contributed by atoms with E-state index in [-0.39, 0.29) is 16.6 Å². The second kappa shape index (κ2) is 12.6. The Morgan fingerprint density at radius 2 is 1.83 bits per heavy atom. The third-order valence-electron chi connectivity index (χ3n) is 6.15. The Morgan fingerprint density at radius 1 is 1.11 bits per heavy atom. The van der Waals surface area contributed by atoms with Crippen molar-refractivity contribution in [1.82, 2.24) is 4.98 Å². The van der Waals surface area contributed by atoms with Crippen LogP contribution in [0, 0.1) is 16.7 Å². The van der Waals surface area contributed by atoms with Gasteiger partial charge in [-0.3, -0.25) is 9.78 Å². The van der Waals surface area contributed by atoms with Gasteiger partial charge < -0.3 is 9.15 Å². The van der Waals surface area contributed by atoms with Gasteiger partial charge >= 0.3 is 5.63 Å². The van der Waals surface area contributed by atoms with Crippen LogP contribution in [0.4, 0.5) is 0 Å². The number of benzene rings is 1. The number of nitriles is 1. The van der Waals surface area contributed by atoms with E-state index in [1.54, 1.807) is 12.3 Å². The molecule has 2 aromatic heterocycles. The van der Waals surface area contributed by atoms with E-state index >= 15 is 0 Å². The number of nitrogens with zero attached hydrogens (tertiary/aromatic N) is 2. The third-order valence-corrected chi connectivity index (χ3v) is 7.46. The summed E-state index contributed by atoms with van der Waals surface area (Å²) in [7, 11) is 0. The van der Waals surface area contributed by atoms with Gasteiger partial charge in [-0.2, -0.15) is 5.26 Å². The van der Waals surface area contributed by atoms with Gasteiger partial charge in [-0.1, -0.05) is 63.9 Å². The molecule has 0 saturated carbocycles. The van der Waals surface area contributed by atoms with Crippen molar-refractivity contribution in [3.05, 3.63) is 58.7 Å². The van der Waals surface area contributed by atoms with Crippen molar-refractivity contribution in [3.8, 4) is 22.9 Å². The molecular weight excluding hydrogens is 460 g/mol. The Hall–Kier alpha value is -3.11. The predicted molar refractivity (Wildman–Crippen MR) is 141 cm³/mol. The number of pyridine rings is 1. The number of fused-ring (bicyclic) bond motifs is 1. The molecule has 2 heterocycles. The molecule has 0 radical (unpaired) electrons. The van der Waals surface area contributed by atoms with Crippen molar-refractivity contribution in [2.45, 2.75) is 59.3 Å². The number of hydrogen-bond donors (Lipinski definition) is 0. The lowest BCUT2D eigenvalue weighted by molar-refractivity contribution is -0.118. The monoisotopic (exact) mass is 492 g/mol. The normalized spacial score (nSPS) is 11.4. The van der Waals surface area contributed by atoms with Crippen LogP contribution in [-0.2, 0) is 4.79 Å². The summed E-state index contributed by atoms with van der Waals surface area (Å²) in [4.78, 5) is 28.6. The standard InChI is InChI=1S/C28H32N2O4S/c1-4-28(2,3)27(32)35-15-9-7-5-6-8-14-33-23-12-10-20(11-13-23)24-16-21-18-30-19-22(17-29)25(21)34-26(24)31/h10-13,16,18-19H,4-9,14-15H2,1-3H3. The number of carbonyl (C=O) groups excluding carboxylic acids is 1. The van der Waals surface area contributed by atoms with Gasteiger partial charge in [-0.25, -0.2) is 4.79 Å². The van der Waals surface area contributed by atoms with E-state index in [9.17, 15) is 9.59 Å². The van der Waals surface area contributed by atoms with E-state index in [0.29, 0.717) is 28.2 Å². The first-order valence-corrected chi connectivity index (χ1v) is 13.1.